The molecule has 0 fully saturated rings. The van der Waals surface area contributed by atoms with Gasteiger partial charge in [0.15, 0.2) is 0 Å². The molecule has 4 aromatic rings. The maximum atomic E-state index is 2.35. The Morgan fingerprint density at radius 1 is 0.903 bits per heavy atom. The van der Waals surface area contributed by atoms with Gasteiger partial charge in [0.1, 0.15) is 7.05 Å². The highest BCUT2D eigenvalue weighted by Gasteiger charge is 2.20. The zero-order valence-corrected chi connectivity index (χ0v) is 19.6. The van der Waals surface area contributed by atoms with Crippen molar-refractivity contribution in [3.63, 3.8) is 0 Å². The molecule has 2 aromatic carbocycles. The van der Waals surface area contributed by atoms with Crippen LogP contribution in [0.4, 0.5) is 0 Å². The van der Waals surface area contributed by atoms with Crippen LogP contribution in [0.3, 0.4) is 0 Å². The van der Waals surface area contributed by atoms with Crippen LogP contribution in [0.1, 0.15) is 55.4 Å². The van der Waals surface area contributed by atoms with E-state index in [1.54, 1.807) is 0 Å². The van der Waals surface area contributed by atoms with E-state index in [0.29, 0.717) is 0 Å². The fraction of sp³-hybridized carbons (Fsp3) is 0.276. The minimum atomic E-state index is 0.201. The first-order valence-corrected chi connectivity index (χ1v) is 11.2. The molecule has 0 spiro atoms. The highest BCUT2D eigenvalue weighted by molar-refractivity contribution is 5.78. The van der Waals surface area contributed by atoms with Crippen LogP contribution < -0.4 is 4.57 Å². The molecule has 2 aromatic heterocycles. The van der Waals surface area contributed by atoms with Crippen molar-refractivity contribution in [2.75, 3.05) is 0 Å². The number of pyridine rings is 1. The van der Waals surface area contributed by atoms with Crippen LogP contribution in [0, 0.1) is 13.8 Å². The summed E-state index contributed by atoms with van der Waals surface area (Å²) in [5.41, 5.74) is 9.02. The summed E-state index contributed by atoms with van der Waals surface area (Å²) in [6, 6.07) is 24.2. The molecular formula is C29H33N2+. The molecule has 0 radical (unpaired) electrons. The molecule has 158 valence electrons. The van der Waals surface area contributed by atoms with Crippen LogP contribution >= 0.6 is 0 Å². The molecule has 0 atom stereocenters. The van der Waals surface area contributed by atoms with Crippen LogP contribution in [0.25, 0.3) is 28.7 Å². The lowest BCUT2D eigenvalue weighted by Crippen LogP contribution is -2.32. The van der Waals surface area contributed by atoms with Crippen LogP contribution in [0.2, 0.25) is 0 Å². The average molecular weight is 410 g/mol. The molecular weight excluding hydrogens is 376 g/mol. The summed E-state index contributed by atoms with van der Waals surface area (Å²) in [5.74, 6) is 0. The van der Waals surface area contributed by atoms with Gasteiger partial charge < -0.3 is 4.57 Å². The van der Waals surface area contributed by atoms with E-state index in [1.165, 1.54) is 44.8 Å². The molecule has 0 N–H and O–H groups in total. The van der Waals surface area contributed by atoms with Crippen molar-refractivity contribution in [1.29, 1.82) is 0 Å². The number of hydrogen-bond donors (Lipinski definition) is 0. The number of nitrogens with zero attached hydrogens (tertiary/aromatic N) is 2. The summed E-state index contributed by atoms with van der Waals surface area (Å²) in [6.07, 6.45) is 5.59. The van der Waals surface area contributed by atoms with E-state index in [4.69, 9.17) is 0 Å². The quantitative estimate of drug-likeness (QED) is 0.316. The Morgan fingerprint density at radius 3 is 2.35 bits per heavy atom. The monoisotopic (exact) mass is 409 g/mol. The Morgan fingerprint density at radius 2 is 1.65 bits per heavy atom. The Balaban J connectivity index is 1.69. The third kappa shape index (κ3) is 3.95. The highest BCUT2D eigenvalue weighted by atomic mass is 15.0. The third-order valence-corrected chi connectivity index (χ3v) is 6.79. The molecule has 4 rings (SSSR count). The standard InChI is InChI=1S/C29H33N2/c1-7-29(4,5)25-15-18-28-24(20-25)14-17-26(30(28)6)16-13-23-19-21(2)31(22(23)3)27-11-9-8-10-12-27/h8-20H,7H2,1-6H3/q+1. The van der Waals surface area contributed by atoms with Gasteiger partial charge in [-0.15, -0.1) is 0 Å². The zero-order valence-electron chi connectivity index (χ0n) is 19.6. The van der Waals surface area contributed by atoms with Crippen molar-refractivity contribution in [2.45, 2.75) is 46.5 Å². The number of aryl methyl sites for hydroxylation is 2. The van der Waals surface area contributed by atoms with E-state index in [-0.39, 0.29) is 5.41 Å². The normalized spacial score (nSPS) is 12.2. The second-order valence-electron chi connectivity index (χ2n) is 9.16. The Bertz CT molecular complexity index is 1260. The summed E-state index contributed by atoms with van der Waals surface area (Å²) in [4.78, 5) is 0. The fourth-order valence-corrected chi connectivity index (χ4v) is 4.32. The Labute approximate surface area is 186 Å². The predicted octanol–water partition coefficient (Wildman–Crippen LogP) is 6.93. The lowest BCUT2D eigenvalue weighted by molar-refractivity contribution is -0.646. The average Bonchev–Trinajstić information content (AvgIpc) is 3.06. The first-order chi connectivity index (χ1) is 14.8. The van der Waals surface area contributed by atoms with Crippen molar-refractivity contribution >= 4 is 23.1 Å². The SMILES string of the molecule is CCC(C)(C)c1ccc2c(ccc(/C=C/c3cc(C)n(-c4ccccc4)c3C)[n+]2C)c1. The van der Waals surface area contributed by atoms with Gasteiger partial charge in [-0.2, -0.15) is 4.57 Å². The van der Waals surface area contributed by atoms with Gasteiger partial charge in [-0.05, 0) is 73.2 Å². The van der Waals surface area contributed by atoms with E-state index in [1.807, 2.05) is 0 Å². The largest absolute Gasteiger partial charge is 0.318 e. The van der Waals surface area contributed by atoms with Crippen molar-refractivity contribution in [2.24, 2.45) is 7.05 Å². The Hall–Kier alpha value is -3.13. The molecule has 0 aliphatic heterocycles. The first-order valence-electron chi connectivity index (χ1n) is 11.2. The van der Waals surface area contributed by atoms with Crippen LogP contribution in [0.15, 0.2) is 66.7 Å². The van der Waals surface area contributed by atoms with Crippen molar-refractivity contribution < 1.29 is 4.57 Å². The summed E-state index contributed by atoms with van der Waals surface area (Å²) in [7, 11) is 2.15. The highest BCUT2D eigenvalue weighted by Crippen LogP contribution is 2.29. The molecule has 0 saturated carbocycles. The number of fused-ring (bicyclic) bond motifs is 1. The number of rotatable bonds is 5. The zero-order chi connectivity index (χ0) is 22.2. The molecule has 0 saturated heterocycles. The fourth-order valence-electron chi connectivity index (χ4n) is 4.32. The van der Waals surface area contributed by atoms with Gasteiger partial charge in [-0.1, -0.05) is 45.0 Å². The predicted molar refractivity (Wildman–Crippen MR) is 133 cm³/mol. The van der Waals surface area contributed by atoms with Crippen LogP contribution in [0.5, 0.6) is 0 Å². The third-order valence-electron chi connectivity index (χ3n) is 6.79. The Kier molecular flexibility index (Phi) is 5.58. The van der Waals surface area contributed by atoms with Gasteiger partial charge in [-0.3, -0.25) is 0 Å². The van der Waals surface area contributed by atoms with E-state index < -0.39 is 0 Å². The number of para-hydroxylation sites is 1. The van der Waals surface area contributed by atoms with E-state index >= 15 is 0 Å². The second-order valence-corrected chi connectivity index (χ2v) is 9.16. The summed E-state index contributed by atoms with van der Waals surface area (Å²) < 4.78 is 4.60. The first kappa shape index (κ1) is 21.1. The van der Waals surface area contributed by atoms with Gasteiger partial charge in [0.05, 0.1) is 0 Å². The number of aromatic nitrogens is 2. The lowest BCUT2D eigenvalue weighted by atomic mass is 9.82. The van der Waals surface area contributed by atoms with E-state index in [9.17, 15) is 0 Å². The van der Waals surface area contributed by atoms with E-state index in [0.717, 1.165) is 6.42 Å². The molecule has 0 unspecified atom stereocenters. The van der Waals surface area contributed by atoms with Crippen molar-refractivity contribution in [1.82, 2.24) is 4.57 Å². The minimum absolute atomic E-state index is 0.201. The van der Waals surface area contributed by atoms with Gasteiger partial charge in [0.2, 0.25) is 11.2 Å². The number of hydrogen-bond acceptors (Lipinski definition) is 0. The van der Waals surface area contributed by atoms with E-state index in [2.05, 4.69) is 130 Å². The second kappa shape index (κ2) is 8.19. The van der Waals surface area contributed by atoms with Gasteiger partial charge in [-0.25, -0.2) is 0 Å². The van der Waals surface area contributed by atoms with Crippen molar-refractivity contribution in [3.05, 3.63) is 94.9 Å². The van der Waals surface area contributed by atoms with Crippen LogP contribution in [-0.4, -0.2) is 4.57 Å². The van der Waals surface area contributed by atoms with Crippen LogP contribution in [-0.2, 0) is 12.5 Å². The number of benzene rings is 2. The van der Waals surface area contributed by atoms with Gasteiger partial charge >= 0.3 is 0 Å². The molecule has 2 heteroatoms. The molecule has 0 bridgehead atoms. The van der Waals surface area contributed by atoms with Crippen molar-refractivity contribution in [3.8, 4) is 5.69 Å². The molecule has 31 heavy (non-hydrogen) atoms. The molecule has 0 aliphatic carbocycles. The maximum absolute atomic E-state index is 2.35. The topological polar surface area (TPSA) is 8.81 Å². The summed E-state index contributed by atoms with van der Waals surface area (Å²) >= 11 is 0. The lowest BCUT2D eigenvalue weighted by Gasteiger charge is -2.23. The summed E-state index contributed by atoms with van der Waals surface area (Å²) in [5, 5.41) is 1.29. The smallest absolute Gasteiger partial charge is 0.212 e. The molecule has 0 aliphatic rings. The molecule has 0 amide bonds. The summed E-state index contributed by atoms with van der Waals surface area (Å²) in [6.45, 7) is 11.3. The minimum Gasteiger partial charge on any atom is -0.318 e. The van der Waals surface area contributed by atoms with Gasteiger partial charge in [0.25, 0.3) is 0 Å². The van der Waals surface area contributed by atoms with Gasteiger partial charge in [0, 0.05) is 40.7 Å². The molecule has 2 nitrogen and oxygen atoms in total. The maximum Gasteiger partial charge on any atom is 0.212 e. The molecule has 2 heterocycles.